The van der Waals surface area contributed by atoms with Crippen LogP contribution in [0.2, 0.25) is 0 Å². The third-order valence-electron chi connectivity index (χ3n) is 5.13. The number of aromatic carboxylic acids is 1. The number of ether oxygens (including phenoxy) is 1. The molecule has 0 saturated carbocycles. The van der Waals surface area contributed by atoms with Gasteiger partial charge in [0.15, 0.2) is 11.6 Å². The summed E-state index contributed by atoms with van der Waals surface area (Å²) in [5.74, 6) is -3.36. The molecule has 1 aliphatic rings. The van der Waals surface area contributed by atoms with Gasteiger partial charge in [-0.25, -0.2) is 18.2 Å². The van der Waals surface area contributed by atoms with Crippen molar-refractivity contribution in [2.75, 3.05) is 0 Å². The number of pyridine rings is 1. The van der Waals surface area contributed by atoms with Gasteiger partial charge in [-0.05, 0) is 78.4 Å². The van der Waals surface area contributed by atoms with Crippen LogP contribution in [-0.4, -0.2) is 11.0 Å². The molecule has 0 aliphatic heterocycles. The lowest BCUT2D eigenvalue weighted by molar-refractivity contribution is -0.255. The second-order valence-electron chi connectivity index (χ2n) is 7.18. The molecule has 31 heavy (non-hydrogen) atoms. The number of benzene rings is 2. The number of carbonyl (C=O) groups is 1. The van der Waals surface area contributed by atoms with Gasteiger partial charge in [-0.3, -0.25) is 0 Å². The van der Waals surface area contributed by atoms with Crippen LogP contribution in [0.5, 0.6) is 5.75 Å². The molecule has 0 fully saturated rings. The maximum atomic E-state index is 14.1. The molecule has 0 saturated heterocycles. The van der Waals surface area contributed by atoms with Gasteiger partial charge in [-0.15, -0.1) is 0 Å². The second-order valence-corrected chi connectivity index (χ2v) is 7.18. The minimum atomic E-state index is -1.37. The number of hydrogen-bond donors (Lipinski definition) is 0. The number of hydrogen-bond acceptors (Lipinski definition) is 4. The molecule has 0 amide bonds. The Morgan fingerprint density at radius 3 is 2.55 bits per heavy atom. The van der Waals surface area contributed by atoms with Gasteiger partial charge < -0.3 is 14.6 Å². The first-order valence-electron chi connectivity index (χ1n) is 9.70. The fourth-order valence-corrected chi connectivity index (χ4v) is 3.69. The molecule has 0 unspecified atom stereocenters. The molecule has 2 aromatic carbocycles. The average Bonchev–Trinajstić information content (AvgIpc) is 3.25. The van der Waals surface area contributed by atoms with E-state index in [0.717, 1.165) is 29.7 Å². The molecule has 1 heterocycles. The van der Waals surface area contributed by atoms with E-state index >= 15 is 0 Å². The van der Waals surface area contributed by atoms with Crippen molar-refractivity contribution in [3.8, 4) is 5.75 Å². The molecule has 1 aliphatic carbocycles. The standard InChI is InChI=1S/C24H18F3NO3/c25-15-8-10-23(31-13-14-7-9-19(26)20(27)11-14)18(12-15)16-3-1-4-17(16)21-5-2-6-22(28-21)24(29)30/h2,5-12H,1,3-4,13H2,(H,29,30)/p-1. The Hall–Kier alpha value is -3.61. The van der Waals surface area contributed by atoms with Gasteiger partial charge >= 0.3 is 0 Å². The van der Waals surface area contributed by atoms with Crippen LogP contribution >= 0.6 is 0 Å². The number of allylic oxidation sites excluding steroid dienone is 2. The number of halogens is 3. The lowest BCUT2D eigenvalue weighted by atomic mass is 9.98. The van der Waals surface area contributed by atoms with Crippen molar-refractivity contribution in [3.63, 3.8) is 0 Å². The molecule has 0 atom stereocenters. The van der Waals surface area contributed by atoms with E-state index in [-0.39, 0.29) is 12.3 Å². The van der Waals surface area contributed by atoms with Crippen molar-refractivity contribution in [2.45, 2.75) is 25.9 Å². The van der Waals surface area contributed by atoms with E-state index in [1.165, 1.54) is 30.3 Å². The molecule has 4 nitrogen and oxygen atoms in total. The Balaban J connectivity index is 1.70. The fourth-order valence-electron chi connectivity index (χ4n) is 3.69. The number of nitrogens with zero attached hydrogens (tertiary/aromatic N) is 1. The number of carboxylic acids is 1. The SMILES string of the molecule is O=C([O-])c1cccc(C2=C(c3cc(F)ccc3OCc3ccc(F)c(F)c3)CCC2)n1. The first-order chi connectivity index (χ1) is 14.9. The maximum Gasteiger partial charge on any atom is 0.159 e. The highest BCUT2D eigenvalue weighted by Crippen LogP contribution is 2.42. The highest BCUT2D eigenvalue weighted by Gasteiger charge is 2.22. The zero-order valence-electron chi connectivity index (χ0n) is 16.3. The summed E-state index contributed by atoms with van der Waals surface area (Å²) < 4.78 is 46.5. The van der Waals surface area contributed by atoms with Crippen molar-refractivity contribution in [2.24, 2.45) is 0 Å². The van der Waals surface area contributed by atoms with Gasteiger partial charge in [0, 0.05) is 5.56 Å². The molecule has 0 spiro atoms. The molecule has 3 aromatic rings. The summed E-state index contributed by atoms with van der Waals surface area (Å²) in [6.45, 7) is -0.0309. The zero-order chi connectivity index (χ0) is 22.0. The van der Waals surface area contributed by atoms with Gasteiger partial charge in [0.05, 0.1) is 17.4 Å². The van der Waals surface area contributed by atoms with E-state index in [1.54, 1.807) is 12.1 Å². The lowest BCUT2D eigenvalue weighted by Crippen LogP contribution is -2.23. The van der Waals surface area contributed by atoms with Crippen molar-refractivity contribution < 1.29 is 27.8 Å². The van der Waals surface area contributed by atoms with Crippen molar-refractivity contribution >= 4 is 17.1 Å². The summed E-state index contributed by atoms with van der Waals surface area (Å²) in [7, 11) is 0. The summed E-state index contributed by atoms with van der Waals surface area (Å²) in [6, 6.07) is 12.2. The van der Waals surface area contributed by atoms with Crippen LogP contribution in [0.3, 0.4) is 0 Å². The number of carbonyl (C=O) groups excluding carboxylic acids is 1. The minimum Gasteiger partial charge on any atom is -0.543 e. The van der Waals surface area contributed by atoms with E-state index in [9.17, 15) is 23.1 Å². The normalized spacial score (nSPS) is 13.5. The summed E-state index contributed by atoms with van der Waals surface area (Å²) >= 11 is 0. The Bertz CT molecular complexity index is 1190. The zero-order valence-corrected chi connectivity index (χ0v) is 16.3. The summed E-state index contributed by atoms with van der Waals surface area (Å²) in [5.41, 5.74) is 2.89. The van der Waals surface area contributed by atoms with Crippen LogP contribution in [0.25, 0.3) is 11.1 Å². The predicted molar refractivity (Wildman–Crippen MR) is 106 cm³/mol. The van der Waals surface area contributed by atoms with E-state index in [0.29, 0.717) is 35.4 Å². The topological polar surface area (TPSA) is 62.2 Å². The van der Waals surface area contributed by atoms with Gasteiger partial charge in [-0.2, -0.15) is 0 Å². The molecule has 1 aromatic heterocycles. The van der Waals surface area contributed by atoms with Crippen molar-refractivity contribution in [3.05, 3.63) is 94.6 Å². The Labute approximate surface area is 176 Å². The van der Waals surface area contributed by atoms with Crippen LogP contribution in [0.15, 0.2) is 54.6 Å². The van der Waals surface area contributed by atoms with Crippen LogP contribution in [0.4, 0.5) is 13.2 Å². The van der Waals surface area contributed by atoms with E-state index < -0.39 is 23.4 Å². The molecule has 158 valence electrons. The van der Waals surface area contributed by atoms with Gasteiger partial charge in [-0.1, -0.05) is 12.1 Å². The average molecular weight is 424 g/mol. The number of carboxylic acid groups (broad SMARTS) is 1. The minimum absolute atomic E-state index is 0.0309. The third kappa shape index (κ3) is 4.45. The molecule has 4 rings (SSSR count). The van der Waals surface area contributed by atoms with E-state index in [4.69, 9.17) is 4.74 Å². The molecule has 0 bridgehead atoms. The first kappa shape index (κ1) is 20.7. The van der Waals surface area contributed by atoms with Gasteiger partial charge in [0.2, 0.25) is 0 Å². The molecule has 0 radical (unpaired) electrons. The van der Waals surface area contributed by atoms with Gasteiger partial charge in [0.25, 0.3) is 0 Å². The second kappa shape index (κ2) is 8.63. The Morgan fingerprint density at radius 1 is 0.968 bits per heavy atom. The van der Waals surface area contributed by atoms with Crippen LogP contribution in [-0.2, 0) is 6.61 Å². The Kier molecular flexibility index (Phi) is 5.75. The predicted octanol–water partition coefficient (Wildman–Crippen LogP) is 4.54. The smallest absolute Gasteiger partial charge is 0.159 e. The van der Waals surface area contributed by atoms with Crippen LogP contribution < -0.4 is 9.84 Å². The first-order valence-corrected chi connectivity index (χ1v) is 9.70. The molecule has 7 heteroatoms. The van der Waals surface area contributed by atoms with E-state index in [1.807, 2.05) is 0 Å². The summed E-state index contributed by atoms with van der Waals surface area (Å²) in [5, 5.41) is 11.2. The van der Waals surface area contributed by atoms with Gasteiger partial charge in [0.1, 0.15) is 18.2 Å². The maximum absolute atomic E-state index is 14.1. The van der Waals surface area contributed by atoms with Crippen LogP contribution in [0.1, 0.15) is 46.6 Å². The molecular formula is C24H17F3NO3-. The lowest BCUT2D eigenvalue weighted by Gasteiger charge is -2.15. The van der Waals surface area contributed by atoms with Crippen molar-refractivity contribution in [1.82, 2.24) is 4.98 Å². The fraction of sp³-hybridized carbons (Fsp3) is 0.167. The quantitative estimate of drug-likeness (QED) is 0.583. The number of rotatable bonds is 6. The number of aromatic nitrogens is 1. The Morgan fingerprint density at radius 2 is 1.77 bits per heavy atom. The molecule has 0 N–H and O–H groups in total. The largest absolute Gasteiger partial charge is 0.543 e. The van der Waals surface area contributed by atoms with Crippen LogP contribution in [0, 0.1) is 17.5 Å². The highest BCUT2D eigenvalue weighted by atomic mass is 19.2. The summed E-state index contributed by atoms with van der Waals surface area (Å²) in [4.78, 5) is 15.3. The molecular weight excluding hydrogens is 407 g/mol. The summed E-state index contributed by atoms with van der Waals surface area (Å²) in [6.07, 6.45) is 2.08. The monoisotopic (exact) mass is 424 g/mol. The third-order valence-corrected chi connectivity index (χ3v) is 5.13. The van der Waals surface area contributed by atoms with Crippen molar-refractivity contribution in [1.29, 1.82) is 0 Å². The highest BCUT2D eigenvalue weighted by molar-refractivity contribution is 5.94. The van der Waals surface area contributed by atoms with E-state index in [2.05, 4.69) is 4.98 Å².